The number of ether oxygens (including phenoxy) is 2. The number of thioether (sulfide) groups is 1. The number of fused-ring (bicyclic) bond motifs is 1. The Bertz CT molecular complexity index is 702. The average molecular weight is 333 g/mol. The topological polar surface area (TPSA) is 55.8 Å². The van der Waals surface area contributed by atoms with Crippen LogP contribution in [0.1, 0.15) is 19.4 Å². The molecule has 2 atom stereocenters. The zero-order valence-corrected chi connectivity index (χ0v) is 14.4. The van der Waals surface area contributed by atoms with Crippen molar-refractivity contribution in [1.82, 2.24) is 4.90 Å². The van der Waals surface area contributed by atoms with E-state index < -0.39 is 16.4 Å². The first-order valence-electron chi connectivity index (χ1n) is 7.31. The van der Waals surface area contributed by atoms with E-state index in [1.807, 2.05) is 37.3 Å². The van der Waals surface area contributed by atoms with Crippen molar-refractivity contribution in [1.29, 1.82) is 0 Å². The Morgan fingerprint density at radius 2 is 1.91 bits per heavy atom. The van der Waals surface area contributed by atoms with Crippen LogP contribution in [-0.2, 0) is 23.9 Å². The van der Waals surface area contributed by atoms with Crippen LogP contribution in [0.5, 0.6) is 0 Å². The number of nitrogens with zero attached hydrogens (tertiary/aromatic N) is 1. The number of methoxy groups -OCH3 is 2. The van der Waals surface area contributed by atoms with Crippen molar-refractivity contribution in [3.63, 3.8) is 0 Å². The highest BCUT2D eigenvalue weighted by Crippen LogP contribution is 2.62. The summed E-state index contributed by atoms with van der Waals surface area (Å²) in [6, 6.07) is 9.68. The van der Waals surface area contributed by atoms with Gasteiger partial charge in [0, 0.05) is 12.9 Å². The minimum Gasteiger partial charge on any atom is -0.464 e. The van der Waals surface area contributed by atoms with Crippen molar-refractivity contribution < 1.29 is 19.1 Å². The number of hydrogen-bond acceptors (Lipinski definition) is 5. The Labute approximate surface area is 139 Å². The van der Waals surface area contributed by atoms with Crippen LogP contribution in [0.15, 0.2) is 41.6 Å². The summed E-state index contributed by atoms with van der Waals surface area (Å²) in [5.74, 6) is -0.0902. The number of carbonyl (C=O) groups is 2. The lowest BCUT2D eigenvalue weighted by Gasteiger charge is -2.63. The lowest BCUT2D eigenvalue weighted by atomic mass is 9.77. The van der Waals surface area contributed by atoms with Gasteiger partial charge >= 0.3 is 5.97 Å². The molecule has 2 heterocycles. The Morgan fingerprint density at radius 3 is 2.48 bits per heavy atom. The summed E-state index contributed by atoms with van der Waals surface area (Å²) < 4.78 is 10.5. The molecule has 3 rings (SSSR count). The van der Waals surface area contributed by atoms with Gasteiger partial charge in [-0.3, -0.25) is 9.69 Å². The molecule has 2 aliphatic rings. The number of benzene rings is 1. The van der Waals surface area contributed by atoms with Crippen LogP contribution < -0.4 is 0 Å². The summed E-state index contributed by atoms with van der Waals surface area (Å²) in [5, 5.41) is 0. The molecule has 1 amide bonds. The van der Waals surface area contributed by atoms with Crippen molar-refractivity contribution in [2.24, 2.45) is 0 Å². The van der Waals surface area contributed by atoms with Gasteiger partial charge in [-0.2, -0.15) is 0 Å². The van der Waals surface area contributed by atoms with Gasteiger partial charge in [0.15, 0.2) is 10.5 Å². The van der Waals surface area contributed by atoms with E-state index >= 15 is 0 Å². The molecule has 0 aromatic heterocycles. The minimum atomic E-state index is -1.03. The molecule has 0 N–H and O–H groups in total. The van der Waals surface area contributed by atoms with Gasteiger partial charge in [0.25, 0.3) is 5.91 Å². The Morgan fingerprint density at radius 1 is 1.26 bits per heavy atom. The highest BCUT2D eigenvalue weighted by molar-refractivity contribution is 8.00. The second kappa shape index (κ2) is 5.39. The van der Waals surface area contributed by atoms with Crippen LogP contribution in [0.3, 0.4) is 0 Å². The van der Waals surface area contributed by atoms with Crippen LogP contribution in [0, 0.1) is 0 Å². The molecule has 122 valence electrons. The summed E-state index contributed by atoms with van der Waals surface area (Å²) in [6.45, 7) is 3.63. The maximum Gasteiger partial charge on any atom is 0.354 e. The fourth-order valence-corrected chi connectivity index (χ4v) is 4.95. The molecule has 0 saturated carbocycles. The average Bonchev–Trinajstić information content (AvgIpc) is 2.60. The fraction of sp³-hybridized carbons (Fsp3) is 0.412. The van der Waals surface area contributed by atoms with Gasteiger partial charge in [0.1, 0.15) is 5.70 Å². The minimum absolute atomic E-state index is 0.226. The largest absolute Gasteiger partial charge is 0.464 e. The van der Waals surface area contributed by atoms with Crippen molar-refractivity contribution in [2.75, 3.05) is 20.0 Å². The number of esters is 1. The van der Waals surface area contributed by atoms with E-state index in [0.717, 1.165) is 11.1 Å². The van der Waals surface area contributed by atoms with Gasteiger partial charge in [0.05, 0.1) is 7.11 Å². The molecule has 1 aromatic carbocycles. The third kappa shape index (κ3) is 1.85. The first kappa shape index (κ1) is 16.1. The van der Waals surface area contributed by atoms with E-state index in [0.29, 0.717) is 11.4 Å². The Hall–Kier alpha value is -1.79. The first-order chi connectivity index (χ1) is 10.9. The van der Waals surface area contributed by atoms with Crippen LogP contribution in [0.2, 0.25) is 0 Å². The highest BCUT2D eigenvalue weighted by Gasteiger charge is 2.73. The van der Waals surface area contributed by atoms with Crippen LogP contribution in [0.25, 0.3) is 0 Å². The molecule has 23 heavy (non-hydrogen) atoms. The Kier molecular flexibility index (Phi) is 3.77. The van der Waals surface area contributed by atoms with E-state index in [9.17, 15) is 9.59 Å². The Balaban J connectivity index is 2.22. The van der Waals surface area contributed by atoms with E-state index in [-0.39, 0.29) is 5.91 Å². The predicted molar refractivity (Wildman–Crippen MR) is 87.6 cm³/mol. The third-order valence-corrected chi connectivity index (χ3v) is 6.45. The lowest BCUT2D eigenvalue weighted by Crippen LogP contribution is -2.79. The fourth-order valence-electron chi connectivity index (χ4n) is 3.33. The normalized spacial score (nSPS) is 29.9. The maximum absolute atomic E-state index is 12.8. The van der Waals surface area contributed by atoms with E-state index in [2.05, 4.69) is 0 Å². The van der Waals surface area contributed by atoms with Gasteiger partial charge in [-0.1, -0.05) is 30.3 Å². The van der Waals surface area contributed by atoms with Crippen molar-refractivity contribution in [2.45, 2.75) is 24.3 Å². The molecule has 0 aliphatic carbocycles. The van der Waals surface area contributed by atoms with Crippen molar-refractivity contribution in [3.8, 4) is 0 Å². The third-order valence-electron chi connectivity index (χ3n) is 4.65. The molecule has 1 aromatic rings. The van der Waals surface area contributed by atoms with E-state index in [1.165, 1.54) is 14.2 Å². The number of carbonyl (C=O) groups excluding carboxylic acids is 2. The van der Waals surface area contributed by atoms with Gasteiger partial charge in [-0.05, 0) is 25.0 Å². The monoisotopic (exact) mass is 333 g/mol. The SMILES string of the molecule is COC(=O)C1=C(C)CS[C@]2(c3ccccc3)N1C(=O)[C@@]2(C)OC. The molecule has 5 nitrogen and oxygen atoms in total. The number of amides is 1. The van der Waals surface area contributed by atoms with Crippen molar-refractivity contribution in [3.05, 3.63) is 47.2 Å². The highest BCUT2D eigenvalue weighted by atomic mass is 32.2. The maximum atomic E-state index is 12.8. The van der Waals surface area contributed by atoms with Crippen molar-refractivity contribution >= 4 is 23.6 Å². The summed E-state index contributed by atoms with van der Waals surface area (Å²) in [6.07, 6.45) is 0. The van der Waals surface area contributed by atoms with E-state index in [4.69, 9.17) is 9.47 Å². The van der Waals surface area contributed by atoms with Crippen LogP contribution >= 0.6 is 11.8 Å². The molecule has 0 radical (unpaired) electrons. The zero-order valence-electron chi connectivity index (χ0n) is 13.6. The van der Waals surface area contributed by atoms with E-state index in [1.54, 1.807) is 23.6 Å². The summed E-state index contributed by atoms with van der Waals surface area (Å²) in [4.78, 5) is 25.9. The predicted octanol–water partition coefficient (Wildman–Crippen LogP) is 2.28. The molecule has 0 unspecified atom stereocenters. The number of hydrogen-bond donors (Lipinski definition) is 0. The first-order valence-corrected chi connectivity index (χ1v) is 8.30. The van der Waals surface area contributed by atoms with Crippen LogP contribution in [-0.4, -0.2) is 42.3 Å². The molecule has 2 aliphatic heterocycles. The smallest absolute Gasteiger partial charge is 0.354 e. The molecule has 0 spiro atoms. The molecule has 1 fully saturated rings. The van der Waals surface area contributed by atoms with Gasteiger partial charge in [-0.15, -0.1) is 11.8 Å². The zero-order chi connectivity index (χ0) is 16.8. The standard InChI is InChI=1S/C17H19NO4S/c1-11-10-23-17(12-8-6-5-7-9-12)16(2,22-4)15(20)18(17)13(11)14(19)21-3/h5-9H,10H2,1-4H3/t16-,17+/m1/s1. The lowest BCUT2D eigenvalue weighted by molar-refractivity contribution is -0.200. The molecule has 0 bridgehead atoms. The molecular weight excluding hydrogens is 314 g/mol. The van der Waals surface area contributed by atoms with Gasteiger partial charge in [0.2, 0.25) is 0 Å². The number of β-lactam (4-membered cyclic amide) rings is 1. The second-order valence-electron chi connectivity index (χ2n) is 5.80. The quantitative estimate of drug-likeness (QED) is 0.627. The molecule has 6 heteroatoms. The molecule has 1 saturated heterocycles. The number of rotatable bonds is 3. The summed E-state index contributed by atoms with van der Waals surface area (Å²) in [5.41, 5.74) is 1.07. The molecular formula is C17H19NO4S. The van der Waals surface area contributed by atoms with Gasteiger partial charge < -0.3 is 9.47 Å². The second-order valence-corrected chi connectivity index (χ2v) is 6.97. The van der Waals surface area contributed by atoms with Crippen LogP contribution in [0.4, 0.5) is 0 Å². The van der Waals surface area contributed by atoms with Gasteiger partial charge in [-0.25, -0.2) is 4.79 Å². The summed E-state index contributed by atoms with van der Waals surface area (Å²) in [7, 11) is 2.86. The summed E-state index contributed by atoms with van der Waals surface area (Å²) >= 11 is 1.60.